The number of ether oxygens (including phenoxy) is 3. The van der Waals surface area contributed by atoms with Crippen LogP contribution in [0.15, 0.2) is 0 Å². The Labute approximate surface area is 210 Å². The molecule has 34 heavy (non-hydrogen) atoms. The van der Waals surface area contributed by atoms with Crippen molar-refractivity contribution >= 4 is 45.5 Å². The SMILES string of the molecule is CCOC(=O)C(Br)C(=O)CC.CCOC(=O)C(C(=O)CC)N1CCN(C(=O)OC(C)(C)C)CC1. The number of hydrogen-bond acceptors (Lipinski definition) is 9. The molecule has 2 atom stereocenters. The first kappa shape index (κ1) is 32.0. The van der Waals surface area contributed by atoms with Gasteiger partial charge in [0.1, 0.15) is 5.60 Å². The van der Waals surface area contributed by atoms with Gasteiger partial charge in [0.05, 0.1) is 13.2 Å². The van der Waals surface area contributed by atoms with Crippen LogP contribution in [0.25, 0.3) is 0 Å². The van der Waals surface area contributed by atoms with E-state index in [9.17, 15) is 24.0 Å². The number of esters is 2. The normalized spacial score (nSPS) is 15.8. The summed E-state index contributed by atoms with van der Waals surface area (Å²) in [6, 6.07) is -0.874. The third-order valence-electron chi connectivity index (χ3n) is 4.62. The summed E-state index contributed by atoms with van der Waals surface area (Å²) in [5, 5.41) is 0. The van der Waals surface area contributed by atoms with Crippen molar-refractivity contribution in [2.45, 2.75) is 77.8 Å². The average molecular weight is 551 g/mol. The summed E-state index contributed by atoms with van der Waals surface area (Å²) in [6.07, 6.45) is 0.247. The van der Waals surface area contributed by atoms with Gasteiger partial charge in [-0.1, -0.05) is 29.8 Å². The molecule has 11 heteroatoms. The van der Waals surface area contributed by atoms with E-state index in [2.05, 4.69) is 20.7 Å². The Hall–Kier alpha value is -2.01. The number of amides is 1. The molecule has 196 valence electrons. The van der Waals surface area contributed by atoms with Gasteiger partial charge in [-0.3, -0.25) is 19.3 Å². The molecule has 1 amide bonds. The lowest BCUT2D eigenvalue weighted by Gasteiger charge is -2.37. The fraction of sp³-hybridized carbons (Fsp3) is 0.783. The molecule has 2 unspecified atom stereocenters. The quantitative estimate of drug-likeness (QED) is 0.184. The van der Waals surface area contributed by atoms with Crippen LogP contribution in [0.4, 0.5) is 4.79 Å². The second-order valence-electron chi connectivity index (χ2n) is 8.41. The molecule has 0 aromatic rings. The fourth-order valence-corrected chi connectivity index (χ4v) is 3.37. The summed E-state index contributed by atoms with van der Waals surface area (Å²) in [7, 11) is 0. The number of ketones is 2. The molecule has 0 aliphatic carbocycles. The van der Waals surface area contributed by atoms with Gasteiger partial charge in [-0.25, -0.2) is 9.59 Å². The van der Waals surface area contributed by atoms with Gasteiger partial charge in [0.2, 0.25) is 0 Å². The molecule has 0 aromatic heterocycles. The molecule has 1 aliphatic heterocycles. The maximum absolute atomic E-state index is 12.1. The Morgan fingerprint density at radius 1 is 0.794 bits per heavy atom. The van der Waals surface area contributed by atoms with Crippen LogP contribution in [0.2, 0.25) is 0 Å². The smallest absolute Gasteiger partial charge is 0.410 e. The molecule has 10 nitrogen and oxygen atoms in total. The van der Waals surface area contributed by atoms with Crippen molar-refractivity contribution in [1.29, 1.82) is 0 Å². The van der Waals surface area contributed by atoms with Crippen LogP contribution in [0.3, 0.4) is 0 Å². The summed E-state index contributed by atoms with van der Waals surface area (Å²) >= 11 is 2.95. The van der Waals surface area contributed by atoms with Crippen molar-refractivity contribution in [2.75, 3.05) is 39.4 Å². The summed E-state index contributed by atoms with van der Waals surface area (Å²) in [6.45, 7) is 14.6. The molecule has 1 saturated heterocycles. The minimum absolute atomic E-state index is 0.150. The minimum atomic E-state index is -0.874. The predicted octanol–water partition coefficient (Wildman–Crippen LogP) is 2.74. The van der Waals surface area contributed by atoms with E-state index in [1.54, 1.807) is 37.5 Å². The minimum Gasteiger partial charge on any atom is -0.465 e. The highest BCUT2D eigenvalue weighted by Gasteiger charge is 2.36. The Balaban J connectivity index is 0.000000833. The molecular formula is C23H39BrN2O8. The van der Waals surface area contributed by atoms with Crippen LogP contribution in [-0.4, -0.2) is 95.3 Å². The highest BCUT2D eigenvalue weighted by atomic mass is 79.9. The largest absolute Gasteiger partial charge is 0.465 e. The van der Waals surface area contributed by atoms with Gasteiger partial charge in [-0.2, -0.15) is 0 Å². The number of Topliss-reactive ketones (excluding diaryl/α,β-unsaturated/α-hetero) is 2. The van der Waals surface area contributed by atoms with E-state index in [-0.39, 0.29) is 30.7 Å². The maximum atomic E-state index is 12.1. The zero-order valence-corrected chi connectivity index (χ0v) is 22.9. The van der Waals surface area contributed by atoms with Gasteiger partial charge < -0.3 is 19.1 Å². The summed E-state index contributed by atoms with van der Waals surface area (Å²) in [4.78, 5) is 60.5. The molecule has 0 N–H and O–H groups in total. The van der Waals surface area contributed by atoms with Crippen LogP contribution in [0, 0.1) is 0 Å². The number of nitrogens with zero attached hydrogens (tertiary/aromatic N) is 2. The molecule has 1 rings (SSSR count). The zero-order valence-electron chi connectivity index (χ0n) is 21.3. The Morgan fingerprint density at radius 3 is 1.68 bits per heavy atom. The molecule has 1 aliphatic rings. The first-order valence-electron chi connectivity index (χ1n) is 11.6. The number of rotatable bonds is 9. The van der Waals surface area contributed by atoms with Crippen LogP contribution in [0.5, 0.6) is 0 Å². The number of alkyl halides is 1. The second-order valence-corrected chi connectivity index (χ2v) is 9.33. The molecule has 0 spiro atoms. The number of carbonyl (C=O) groups is 5. The van der Waals surface area contributed by atoms with Gasteiger partial charge in [-0.05, 0) is 34.6 Å². The molecule has 0 aromatic carbocycles. The number of piperazine rings is 1. The number of hydrogen-bond donors (Lipinski definition) is 0. The Morgan fingerprint density at radius 2 is 1.26 bits per heavy atom. The third kappa shape index (κ3) is 11.4. The maximum Gasteiger partial charge on any atom is 0.410 e. The van der Waals surface area contributed by atoms with Crippen LogP contribution >= 0.6 is 15.9 Å². The van der Waals surface area contributed by atoms with E-state index >= 15 is 0 Å². The van der Waals surface area contributed by atoms with Crippen molar-refractivity contribution in [3.63, 3.8) is 0 Å². The van der Waals surface area contributed by atoms with Crippen LogP contribution in [-0.2, 0) is 33.4 Å². The van der Waals surface area contributed by atoms with Crippen molar-refractivity contribution in [2.24, 2.45) is 0 Å². The number of carbonyl (C=O) groups excluding carboxylic acids is 5. The van der Waals surface area contributed by atoms with Crippen LogP contribution < -0.4 is 0 Å². The highest BCUT2D eigenvalue weighted by Crippen LogP contribution is 2.15. The topological polar surface area (TPSA) is 120 Å². The lowest BCUT2D eigenvalue weighted by Crippen LogP contribution is -2.57. The van der Waals surface area contributed by atoms with E-state index in [0.29, 0.717) is 39.2 Å². The molecule has 0 bridgehead atoms. The first-order chi connectivity index (χ1) is 15.8. The van der Waals surface area contributed by atoms with Gasteiger partial charge in [0, 0.05) is 39.0 Å². The average Bonchev–Trinajstić information content (AvgIpc) is 2.78. The van der Waals surface area contributed by atoms with E-state index in [1.165, 1.54) is 0 Å². The summed E-state index contributed by atoms with van der Waals surface area (Å²) in [5.41, 5.74) is -0.542. The van der Waals surface area contributed by atoms with E-state index in [4.69, 9.17) is 9.47 Å². The zero-order chi connectivity index (χ0) is 26.5. The van der Waals surface area contributed by atoms with Gasteiger partial charge in [-0.15, -0.1) is 0 Å². The summed E-state index contributed by atoms with van der Waals surface area (Å²) < 4.78 is 15.0. The molecule has 0 radical (unpaired) electrons. The monoisotopic (exact) mass is 550 g/mol. The first-order valence-corrected chi connectivity index (χ1v) is 12.5. The summed E-state index contributed by atoms with van der Waals surface area (Å²) in [5.74, 6) is -1.32. The van der Waals surface area contributed by atoms with Gasteiger partial charge in [0.15, 0.2) is 22.4 Å². The predicted molar refractivity (Wildman–Crippen MR) is 130 cm³/mol. The number of halogens is 1. The van der Waals surface area contributed by atoms with Crippen molar-refractivity contribution in [1.82, 2.24) is 9.80 Å². The van der Waals surface area contributed by atoms with E-state index in [1.807, 2.05) is 20.8 Å². The second kappa shape index (κ2) is 15.8. The fourth-order valence-electron chi connectivity index (χ4n) is 2.91. The van der Waals surface area contributed by atoms with Crippen molar-refractivity contribution in [3.8, 4) is 0 Å². The Kier molecular flexibility index (Phi) is 14.9. The molecule has 1 fully saturated rings. The van der Waals surface area contributed by atoms with Gasteiger partial charge >= 0.3 is 18.0 Å². The highest BCUT2D eigenvalue weighted by molar-refractivity contribution is 9.10. The third-order valence-corrected chi connectivity index (χ3v) is 5.50. The standard InChI is InChI=1S/C16H28N2O5.C7H11BrO3/c1-6-12(19)13(14(20)22-7-2)17-8-10-18(11-9-17)15(21)23-16(3,4)5;1-3-5(9)6(8)7(10)11-4-2/h13H,6-11H2,1-5H3;6H,3-4H2,1-2H3. The van der Waals surface area contributed by atoms with Crippen molar-refractivity contribution < 1.29 is 38.2 Å². The molecule has 0 saturated carbocycles. The molecule has 1 heterocycles. The lowest BCUT2D eigenvalue weighted by molar-refractivity contribution is -0.154. The van der Waals surface area contributed by atoms with Crippen LogP contribution in [0.1, 0.15) is 61.3 Å². The van der Waals surface area contributed by atoms with Crippen molar-refractivity contribution in [3.05, 3.63) is 0 Å². The van der Waals surface area contributed by atoms with Gasteiger partial charge in [0.25, 0.3) is 0 Å². The van der Waals surface area contributed by atoms with E-state index < -0.39 is 28.4 Å². The molecular weight excluding hydrogens is 512 g/mol. The lowest BCUT2D eigenvalue weighted by atomic mass is 10.1. The Bertz CT molecular complexity index is 700. The van der Waals surface area contributed by atoms with E-state index in [0.717, 1.165) is 0 Å².